The number of carbonyl (C=O) groups is 1. The molecular formula is C28H28F2N2O2. The number of aliphatic hydroxyl groups excluding tert-OH is 1. The second-order valence-electron chi connectivity index (χ2n) is 9.17. The van der Waals surface area contributed by atoms with Gasteiger partial charge in [-0.2, -0.15) is 0 Å². The lowest BCUT2D eigenvalue weighted by atomic mass is 9.74. The van der Waals surface area contributed by atoms with Crippen molar-refractivity contribution in [1.29, 1.82) is 0 Å². The molecule has 0 aromatic heterocycles. The number of benzene rings is 3. The molecule has 6 heteroatoms. The van der Waals surface area contributed by atoms with Gasteiger partial charge in [-0.15, -0.1) is 0 Å². The van der Waals surface area contributed by atoms with E-state index in [1.165, 1.54) is 36.4 Å². The second kappa shape index (κ2) is 9.65. The topological polar surface area (TPSA) is 43.8 Å². The number of rotatable bonds is 4. The molecule has 5 rings (SSSR count). The lowest BCUT2D eigenvalue weighted by molar-refractivity contribution is -0.0606. The quantitative estimate of drug-likeness (QED) is 0.612. The third-order valence-corrected chi connectivity index (χ3v) is 7.22. The smallest absolute Gasteiger partial charge is 0.253 e. The van der Waals surface area contributed by atoms with E-state index in [-0.39, 0.29) is 42.2 Å². The van der Waals surface area contributed by atoms with E-state index in [0.29, 0.717) is 18.7 Å². The van der Waals surface area contributed by atoms with Gasteiger partial charge < -0.3 is 10.0 Å². The van der Waals surface area contributed by atoms with Crippen LogP contribution in [0, 0.1) is 11.6 Å². The fraction of sp³-hybridized carbons (Fsp3) is 0.321. The number of amides is 1. The summed E-state index contributed by atoms with van der Waals surface area (Å²) in [6.45, 7) is 2.20. The van der Waals surface area contributed by atoms with Gasteiger partial charge in [0.2, 0.25) is 0 Å². The molecule has 0 bridgehead atoms. The maximum absolute atomic E-state index is 13.3. The van der Waals surface area contributed by atoms with E-state index in [9.17, 15) is 18.7 Å². The van der Waals surface area contributed by atoms with Crippen LogP contribution < -0.4 is 0 Å². The van der Waals surface area contributed by atoms with E-state index in [0.717, 1.165) is 36.1 Å². The highest BCUT2D eigenvalue weighted by Gasteiger charge is 2.49. The van der Waals surface area contributed by atoms with Gasteiger partial charge in [0, 0.05) is 36.7 Å². The fourth-order valence-electron chi connectivity index (χ4n) is 5.44. The van der Waals surface area contributed by atoms with Crippen molar-refractivity contribution in [2.24, 2.45) is 0 Å². The molecule has 176 valence electrons. The van der Waals surface area contributed by atoms with Crippen LogP contribution in [0.5, 0.6) is 0 Å². The molecule has 0 saturated carbocycles. The summed E-state index contributed by atoms with van der Waals surface area (Å²) in [5, 5.41) is 10.2. The van der Waals surface area contributed by atoms with Crippen LogP contribution in [0.25, 0.3) is 11.1 Å². The number of hydrogen-bond acceptors (Lipinski definition) is 3. The Balaban J connectivity index is 1.38. The van der Waals surface area contributed by atoms with Crippen LogP contribution in [-0.2, 0) is 0 Å². The Morgan fingerprint density at radius 1 is 0.824 bits per heavy atom. The van der Waals surface area contributed by atoms with E-state index in [4.69, 9.17) is 0 Å². The SMILES string of the molecule is O=C(c1ccc(F)cc1)N1CCCCN2[C@@H](CO)[C@H](c3ccc(-c4ccc(F)cc4)cc3)[C@@H]2C1. The predicted molar refractivity (Wildman–Crippen MR) is 127 cm³/mol. The van der Waals surface area contributed by atoms with Crippen LogP contribution in [0.3, 0.4) is 0 Å². The zero-order valence-corrected chi connectivity index (χ0v) is 18.9. The third-order valence-electron chi connectivity index (χ3n) is 7.22. The van der Waals surface area contributed by atoms with Crippen molar-refractivity contribution in [3.8, 4) is 11.1 Å². The van der Waals surface area contributed by atoms with Crippen LogP contribution in [-0.4, -0.2) is 59.1 Å². The summed E-state index contributed by atoms with van der Waals surface area (Å²) in [6.07, 6.45) is 1.85. The molecule has 3 aromatic rings. The maximum atomic E-state index is 13.3. The van der Waals surface area contributed by atoms with E-state index >= 15 is 0 Å². The molecule has 0 unspecified atom stereocenters. The Morgan fingerprint density at radius 3 is 2.00 bits per heavy atom. The Bertz CT molecular complexity index is 1130. The molecule has 1 amide bonds. The zero-order valence-electron chi connectivity index (χ0n) is 18.9. The third kappa shape index (κ3) is 4.36. The first-order valence-corrected chi connectivity index (χ1v) is 11.8. The Kier molecular flexibility index (Phi) is 6.44. The van der Waals surface area contributed by atoms with Gasteiger partial charge in [0.1, 0.15) is 11.6 Å². The van der Waals surface area contributed by atoms with Gasteiger partial charge in [-0.05, 0) is 72.5 Å². The lowest BCUT2D eigenvalue weighted by Crippen LogP contribution is -2.67. The molecule has 34 heavy (non-hydrogen) atoms. The van der Waals surface area contributed by atoms with Gasteiger partial charge in [0.05, 0.1) is 6.61 Å². The standard InChI is InChI=1S/C28H28F2N2O2/c29-23-11-7-20(8-12-23)19-3-5-21(6-4-19)27-25-17-31(15-1-2-16-32(25)26(27)18-33)28(34)22-9-13-24(30)14-10-22/h3-14,25-27,33H,1-2,15-18H2/t25-,26-,27+/m0/s1. The second-order valence-corrected chi connectivity index (χ2v) is 9.17. The van der Waals surface area contributed by atoms with E-state index in [1.54, 1.807) is 12.1 Å². The van der Waals surface area contributed by atoms with Crippen LogP contribution in [0.15, 0.2) is 72.8 Å². The first-order valence-electron chi connectivity index (χ1n) is 11.8. The molecule has 3 aromatic carbocycles. The summed E-state index contributed by atoms with van der Waals surface area (Å²) < 4.78 is 26.6. The van der Waals surface area contributed by atoms with Gasteiger partial charge >= 0.3 is 0 Å². The normalized spacial score (nSPS) is 22.9. The predicted octanol–water partition coefficient (Wildman–Crippen LogP) is 4.70. The molecule has 0 radical (unpaired) electrons. The van der Waals surface area contributed by atoms with Gasteiger partial charge in [-0.25, -0.2) is 8.78 Å². The summed E-state index contributed by atoms with van der Waals surface area (Å²) in [6, 6.07) is 20.5. The summed E-state index contributed by atoms with van der Waals surface area (Å²) in [4.78, 5) is 17.4. The Morgan fingerprint density at radius 2 is 1.38 bits per heavy atom. The van der Waals surface area contributed by atoms with Crippen LogP contribution >= 0.6 is 0 Å². The van der Waals surface area contributed by atoms with Gasteiger partial charge in [0.15, 0.2) is 0 Å². The molecule has 3 atom stereocenters. The Hall–Kier alpha value is -3.09. The number of aliphatic hydroxyl groups is 1. The molecular weight excluding hydrogens is 434 g/mol. The van der Waals surface area contributed by atoms with Gasteiger partial charge in [-0.3, -0.25) is 9.69 Å². The van der Waals surface area contributed by atoms with Gasteiger partial charge in [0.25, 0.3) is 5.91 Å². The first kappa shape index (κ1) is 22.7. The maximum Gasteiger partial charge on any atom is 0.253 e. The fourth-order valence-corrected chi connectivity index (χ4v) is 5.44. The minimum atomic E-state index is -0.357. The zero-order chi connectivity index (χ0) is 23.7. The highest BCUT2D eigenvalue weighted by atomic mass is 19.1. The highest BCUT2D eigenvalue weighted by molar-refractivity contribution is 5.94. The minimum absolute atomic E-state index is 0.0162. The number of carbonyl (C=O) groups excluding carboxylic acids is 1. The van der Waals surface area contributed by atoms with E-state index in [2.05, 4.69) is 17.0 Å². The average molecular weight is 463 g/mol. The number of halogens is 2. The molecule has 2 heterocycles. The van der Waals surface area contributed by atoms with E-state index < -0.39 is 0 Å². The minimum Gasteiger partial charge on any atom is -0.395 e. The van der Waals surface area contributed by atoms with Crippen molar-refractivity contribution in [2.75, 3.05) is 26.2 Å². The largest absolute Gasteiger partial charge is 0.395 e. The monoisotopic (exact) mass is 462 g/mol. The van der Waals surface area contributed by atoms with Crippen molar-refractivity contribution in [3.63, 3.8) is 0 Å². The molecule has 2 saturated heterocycles. The molecule has 1 N–H and O–H groups in total. The van der Waals surface area contributed by atoms with Crippen molar-refractivity contribution < 1.29 is 18.7 Å². The van der Waals surface area contributed by atoms with Crippen LogP contribution in [0.2, 0.25) is 0 Å². The summed E-state index contributed by atoms with van der Waals surface area (Å²) in [5.41, 5.74) is 3.57. The highest BCUT2D eigenvalue weighted by Crippen LogP contribution is 2.42. The summed E-state index contributed by atoms with van der Waals surface area (Å²) >= 11 is 0. The molecule has 2 aliphatic heterocycles. The van der Waals surface area contributed by atoms with E-state index in [1.807, 2.05) is 17.0 Å². The average Bonchev–Trinajstić information content (AvgIpc) is 2.84. The Labute approximate surface area is 198 Å². The van der Waals surface area contributed by atoms with Crippen LogP contribution in [0.4, 0.5) is 8.78 Å². The molecule has 2 fully saturated rings. The molecule has 0 spiro atoms. The number of nitrogens with zero attached hydrogens (tertiary/aromatic N) is 2. The summed E-state index contributed by atoms with van der Waals surface area (Å²) in [5.74, 6) is -0.595. The number of fused-ring (bicyclic) bond motifs is 1. The lowest BCUT2D eigenvalue weighted by Gasteiger charge is -2.57. The molecule has 0 aliphatic carbocycles. The molecule has 4 nitrogen and oxygen atoms in total. The van der Waals surface area contributed by atoms with Crippen molar-refractivity contribution in [1.82, 2.24) is 9.80 Å². The van der Waals surface area contributed by atoms with Crippen molar-refractivity contribution >= 4 is 5.91 Å². The summed E-state index contributed by atoms with van der Waals surface area (Å²) in [7, 11) is 0. The van der Waals surface area contributed by atoms with Crippen molar-refractivity contribution in [3.05, 3.63) is 95.6 Å². The van der Waals surface area contributed by atoms with Crippen molar-refractivity contribution in [2.45, 2.75) is 30.8 Å². The number of hydrogen-bond donors (Lipinski definition) is 1. The van der Waals surface area contributed by atoms with Gasteiger partial charge in [-0.1, -0.05) is 36.4 Å². The molecule has 2 aliphatic rings. The van der Waals surface area contributed by atoms with Crippen LogP contribution in [0.1, 0.15) is 34.7 Å². The first-order chi connectivity index (χ1) is 16.5.